The number of carbonyl (C=O) groups excluding carboxylic acids is 1. The average molecular weight is 215 g/mol. The number of rotatable bonds is 2. The van der Waals surface area contributed by atoms with Gasteiger partial charge >= 0.3 is 0 Å². The van der Waals surface area contributed by atoms with Crippen molar-refractivity contribution in [2.75, 3.05) is 0 Å². The first kappa shape index (κ1) is 10.0. The topological polar surface area (TPSA) is 43.1 Å². The van der Waals surface area contributed by atoms with E-state index >= 15 is 0 Å². The first-order valence-corrected chi connectivity index (χ1v) is 6.09. The Morgan fingerprint density at radius 2 is 2.00 bits per heavy atom. The van der Waals surface area contributed by atoms with E-state index in [4.69, 9.17) is 5.73 Å². The van der Waals surface area contributed by atoms with Crippen molar-refractivity contribution in [2.24, 2.45) is 17.6 Å². The van der Waals surface area contributed by atoms with Crippen molar-refractivity contribution in [3.8, 4) is 0 Å². The highest BCUT2D eigenvalue weighted by Crippen LogP contribution is 2.50. The van der Waals surface area contributed by atoms with Gasteiger partial charge in [0.1, 0.15) is 0 Å². The Morgan fingerprint density at radius 1 is 1.25 bits per heavy atom. The number of fused-ring (bicyclic) bond motifs is 2. The average Bonchev–Trinajstić information content (AvgIpc) is 2.89. The van der Waals surface area contributed by atoms with Crippen LogP contribution in [0.25, 0.3) is 0 Å². The Hall–Kier alpha value is -1.15. The lowest BCUT2D eigenvalue weighted by atomic mass is 9.76. The SMILES string of the molecule is N[C@]1(C(=O)c2ccccc2)C[C@@H]2CC[C@@H]1C2. The molecule has 1 aromatic carbocycles. The van der Waals surface area contributed by atoms with E-state index in [-0.39, 0.29) is 5.78 Å². The molecule has 0 spiro atoms. The molecule has 0 saturated heterocycles. The predicted molar refractivity (Wildman–Crippen MR) is 63.1 cm³/mol. The van der Waals surface area contributed by atoms with Gasteiger partial charge in [0.05, 0.1) is 5.54 Å². The molecule has 2 heteroatoms. The van der Waals surface area contributed by atoms with Gasteiger partial charge in [-0.2, -0.15) is 0 Å². The maximum atomic E-state index is 12.4. The Labute approximate surface area is 95.8 Å². The molecule has 0 amide bonds. The van der Waals surface area contributed by atoms with Crippen LogP contribution in [0.4, 0.5) is 0 Å². The molecule has 3 atom stereocenters. The van der Waals surface area contributed by atoms with Crippen molar-refractivity contribution in [2.45, 2.75) is 31.2 Å². The van der Waals surface area contributed by atoms with Crippen molar-refractivity contribution in [3.63, 3.8) is 0 Å². The normalized spacial score (nSPS) is 36.6. The van der Waals surface area contributed by atoms with Gasteiger partial charge in [-0.25, -0.2) is 0 Å². The van der Waals surface area contributed by atoms with Gasteiger partial charge in [0.2, 0.25) is 0 Å². The third-order valence-corrected chi connectivity index (χ3v) is 4.35. The molecule has 0 heterocycles. The van der Waals surface area contributed by atoms with Crippen LogP contribution in [0.15, 0.2) is 30.3 Å². The maximum absolute atomic E-state index is 12.4. The van der Waals surface area contributed by atoms with Gasteiger partial charge in [-0.05, 0) is 31.1 Å². The molecule has 2 N–H and O–H groups in total. The fraction of sp³-hybridized carbons (Fsp3) is 0.500. The Kier molecular flexibility index (Phi) is 2.15. The van der Waals surface area contributed by atoms with Crippen LogP contribution in [0.1, 0.15) is 36.0 Å². The number of benzene rings is 1. The van der Waals surface area contributed by atoms with E-state index in [1.165, 1.54) is 6.42 Å². The molecule has 0 aliphatic heterocycles. The molecule has 2 nitrogen and oxygen atoms in total. The zero-order valence-corrected chi connectivity index (χ0v) is 9.36. The van der Waals surface area contributed by atoms with Gasteiger partial charge in [-0.15, -0.1) is 0 Å². The second-order valence-corrected chi connectivity index (χ2v) is 5.32. The van der Waals surface area contributed by atoms with Crippen LogP contribution in [-0.2, 0) is 0 Å². The molecule has 1 aromatic rings. The van der Waals surface area contributed by atoms with E-state index in [1.54, 1.807) is 0 Å². The number of hydrogen-bond donors (Lipinski definition) is 1. The first-order valence-electron chi connectivity index (χ1n) is 6.09. The zero-order chi connectivity index (χ0) is 11.2. The minimum absolute atomic E-state index is 0.153. The fourth-order valence-corrected chi connectivity index (χ4v) is 3.51. The third kappa shape index (κ3) is 1.33. The summed E-state index contributed by atoms with van der Waals surface area (Å²) in [6.45, 7) is 0. The minimum Gasteiger partial charge on any atom is -0.318 e. The molecular formula is C14H17NO. The van der Waals surface area contributed by atoms with Gasteiger partial charge in [-0.1, -0.05) is 36.8 Å². The van der Waals surface area contributed by atoms with Gasteiger partial charge in [-0.3, -0.25) is 4.79 Å². The monoisotopic (exact) mass is 215 g/mol. The highest BCUT2D eigenvalue weighted by molar-refractivity contribution is 6.03. The maximum Gasteiger partial charge on any atom is 0.182 e. The zero-order valence-electron chi connectivity index (χ0n) is 9.36. The van der Waals surface area contributed by atoms with Crippen LogP contribution in [0.2, 0.25) is 0 Å². The summed E-state index contributed by atoms with van der Waals surface area (Å²) in [5.41, 5.74) is 6.58. The summed E-state index contributed by atoms with van der Waals surface area (Å²) in [6, 6.07) is 9.50. The molecule has 2 aliphatic rings. The van der Waals surface area contributed by atoms with Gasteiger partial charge < -0.3 is 5.73 Å². The van der Waals surface area contributed by atoms with E-state index in [9.17, 15) is 4.79 Å². The number of nitrogens with two attached hydrogens (primary N) is 1. The van der Waals surface area contributed by atoms with Crippen LogP contribution in [0.3, 0.4) is 0 Å². The van der Waals surface area contributed by atoms with E-state index in [0.29, 0.717) is 11.8 Å². The van der Waals surface area contributed by atoms with Crippen LogP contribution < -0.4 is 5.73 Å². The van der Waals surface area contributed by atoms with Gasteiger partial charge in [0.15, 0.2) is 5.78 Å². The van der Waals surface area contributed by atoms with Crippen molar-refractivity contribution in [1.82, 2.24) is 0 Å². The second kappa shape index (κ2) is 3.42. The van der Waals surface area contributed by atoms with Crippen LogP contribution in [0, 0.1) is 11.8 Å². The molecule has 0 unspecified atom stereocenters. The van der Waals surface area contributed by atoms with E-state index in [0.717, 1.165) is 24.8 Å². The second-order valence-electron chi connectivity index (χ2n) is 5.32. The predicted octanol–water partition coefficient (Wildman–Crippen LogP) is 2.39. The molecule has 2 fully saturated rings. The summed E-state index contributed by atoms with van der Waals surface area (Å²) < 4.78 is 0. The lowest BCUT2D eigenvalue weighted by molar-refractivity contribution is 0.0827. The highest BCUT2D eigenvalue weighted by atomic mass is 16.1. The Morgan fingerprint density at radius 3 is 2.56 bits per heavy atom. The summed E-state index contributed by atoms with van der Waals surface area (Å²) in [4.78, 5) is 12.4. The summed E-state index contributed by atoms with van der Waals surface area (Å²) in [5, 5.41) is 0. The molecule has 0 aromatic heterocycles. The molecule has 2 bridgehead atoms. The lowest BCUT2D eigenvalue weighted by Gasteiger charge is -2.32. The van der Waals surface area contributed by atoms with E-state index < -0.39 is 5.54 Å². The van der Waals surface area contributed by atoms with Crippen LogP contribution in [0.5, 0.6) is 0 Å². The third-order valence-electron chi connectivity index (χ3n) is 4.35. The van der Waals surface area contributed by atoms with Crippen molar-refractivity contribution < 1.29 is 4.79 Å². The van der Waals surface area contributed by atoms with E-state index in [2.05, 4.69) is 0 Å². The molecule has 2 saturated carbocycles. The van der Waals surface area contributed by atoms with Crippen LogP contribution >= 0.6 is 0 Å². The van der Waals surface area contributed by atoms with Crippen LogP contribution in [-0.4, -0.2) is 11.3 Å². The van der Waals surface area contributed by atoms with E-state index in [1.807, 2.05) is 30.3 Å². The smallest absolute Gasteiger partial charge is 0.182 e. The number of hydrogen-bond acceptors (Lipinski definition) is 2. The largest absolute Gasteiger partial charge is 0.318 e. The molecule has 84 valence electrons. The molecular weight excluding hydrogens is 198 g/mol. The molecule has 0 radical (unpaired) electrons. The lowest BCUT2D eigenvalue weighted by Crippen LogP contribution is -2.52. The van der Waals surface area contributed by atoms with Gasteiger partial charge in [0, 0.05) is 5.56 Å². The molecule has 3 rings (SSSR count). The first-order chi connectivity index (χ1) is 7.70. The highest BCUT2D eigenvalue weighted by Gasteiger charge is 2.52. The Bertz CT molecular complexity index is 414. The summed E-state index contributed by atoms with van der Waals surface area (Å²) in [5.74, 6) is 1.27. The number of Topliss-reactive ketones (excluding diaryl/α,β-unsaturated/α-hetero) is 1. The number of ketones is 1. The summed E-state index contributed by atoms with van der Waals surface area (Å²) in [6.07, 6.45) is 4.46. The fourth-order valence-electron chi connectivity index (χ4n) is 3.51. The quantitative estimate of drug-likeness (QED) is 0.770. The molecule has 2 aliphatic carbocycles. The summed E-state index contributed by atoms with van der Waals surface area (Å²) >= 11 is 0. The molecule has 16 heavy (non-hydrogen) atoms. The van der Waals surface area contributed by atoms with Gasteiger partial charge in [0.25, 0.3) is 0 Å². The summed E-state index contributed by atoms with van der Waals surface area (Å²) in [7, 11) is 0. The minimum atomic E-state index is -0.565. The number of carbonyl (C=O) groups is 1. The van der Waals surface area contributed by atoms with Crippen molar-refractivity contribution in [3.05, 3.63) is 35.9 Å². The Balaban J connectivity index is 1.91. The van der Waals surface area contributed by atoms with Crippen molar-refractivity contribution >= 4 is 5.78 Å². The standard InChI is InChI=1S/C14H17NO/c15-14(9-10-6-7-12(14)8-10)13(16)11-4-2-1-3-5-11/h1-5,10,12H,6-9,15H2/t10-,12-,14-/m1/s1. The van der Waals surface area contributed by atoms with Crippen molar-refractivity contribution in [1.29, 1.82) is 0 Å².